The van der Waals surface area contributed by atoms with Gasteiger partial charge < -0.3 is 5.73 Å². The van der Waals surface area contributed by atoms with E-state index in [1.807, 2.05) is 0 Å². The van der Waals surface area contributed by atoms with E-state index < -0.39 is 10.0 Å². The Kier molecular flexibility index (Phi) is 4.17. The standard InChI is InChI=1S/C12H20N4O2S2/c1-8-12(9(2)15(3)14-8)20(17,18)16(10-4-5-10)7-6-11(13)19/h10H,4-7H2,1-3H3,(H2,13,19). The molecule has 1 aliphatic rings. The Hall–Kier alpha value is -0.990. The third-order valence-electron chi connectivity index (χ3n) is 3.54. The van der Waals surface area contributed by atoms with Gasteiger partial charge in [-0.1, -0.05) is 12.2 Å². The second-order valence-corrected chi connectivity index (χ2v) is 7.54. The monoisotopic (exact) mass is 316 g/mol. The number of rotatable bonds is 6. The maximum Gasteiger partial charge on any atom is 0.247 e. The molecular weight excluding hydrogens is 296 g/mol. The van der Waals surface area contributed by atoms with Crippen molar-refractivity contribution < 1.29 is 8.42 Å². The molecule has 20 heavy (non-hydrogen) atoms. The van der Waals surface area contributed by atoms with Crippen molar-refractivity contribution in [2.75, 3.05) is 6.54 Å². The summed E-state index contributed by atoms with van der Waals surface area (Å²) < 4.78 is 28.9. The van der Waals surface area contributed by atoms with Crippen molar-refractivity contribution in [2.24, 2.45) is 12.8 Å². The highest BCUT2D eigenvalue weighted by molar-refractivity contribution is 7.89. The Morgan fingerprint density at radius 1 is 1.50 bits per heavy atom. The molecule has 6 nitrogen and oxygen atoms in total. The zero-order chi connectivity index (χ0) is 15.1. The molecule has 0 radical (unpaired) electrons. The topological polar surface area (TPSA) is 81.2 Å². The Morgan fingerprint density at radius 3 is 2.50 bits per heavy atom. The molecule has 112 valence electrons. The van der Waals surface area contributed by atoms with Crippen molar-refractivity contribution in [3.63, 3.8) is 0 Å². The van der Waals surface area contributed by atoms with Crippen LogP contribution < -0.4 is 5.73 Å². The van der Waals surface area contributed by atoms with E-state index >= 15 is 0 Å². The molecule has 0 bridgehead atoms. The van der Waals surface area contributed by atoms with Gasteiger partial charge >= 0.3 is 0 Å². The lowest BCUT2D eigenvalue weighted by atomic mass is 10.4. The molecule has 1 aromatic rings. The molecule has 0 aromatic carbocycles. The largest absolute Gasteiger partial charge is 0.393 e. The number of sulfonamides is 1. The molecule has 0 spiro atoms. The van der Waals surface area contributed by atoms with Crippen LogP contribution in [-0.2, 0) is 17.1 Å². The van der Waals surface area contributed by atoms with E-state index in [2.05, 4.69) is 5.10 Å². The normalized spacial score (nSPS) is 15.8. The third-order valence-corrected chi connectivity index (χ3v) is 5.95. The SMILES string of the molecule is Cc1nn(C)c(C)c1S(=O)(=O)N(CCC(N)=S)C1CC1. The van der Waals surface area contributed by atoms with Crippen LogP contribution >= 0.6 is 12.2 Å². The molecule has 2 N–H and O–H groups in total. The van der Waals surface area contributed by atoms with Gasteiger partial charge in [-0.2, -0.15) is 9.40 Å². The fraction of sp³-hybridized carbons (Fsp3) is 0.667. The minimum Gasteiger partial charge on any atom is -0.393 e. The summed E-state index contributed by atoms with van der Waals surface area (Å²) in [6.45, 7) is 3.83. The van der Waals surface area contributed by atoms with Crippen LogP contribution in [0.4, 0.5) is 0 Å². The van der Waals surface area contributed by atoms with Crippen molar-refractivity contribution in [3.05, 3.63) is 11.4 Å². The molecule has 0 saturated heterocycles. The summed E-state index contributed by atoms with van der Waals surface area (Å²) in [7, 11) is -1.79. The highest BCUT2D eigenvalue weighted by Gasteiger charge is 2.40. The molecule has 1 aliphatic carbocycles. The summed E-state index contributed by atoms with van der Waals surface area (Å²) in [5.41, 5.74) is 6.69. The lowest BCUT2D eigenvalue weighted by molar-refractivity contribution is 0.412. The summed E-state index contributed by atoms with van der Waals surface area (Å²) in [5, 5.41) is 4.19. The molecule has 8 heteroatoms. The van der Waals surface area contributed by atoms with Crippen LogP contribution in [0.2, 0.25) is 0 Å². The highest BCUT2D eigenvalue weighted by atomic mass is 32.2. The van der Waals surface area contributed by atoms with E-state index in [4.69, 9.17) is 18.0 Å². The first-order chi connectivity index (χ1) is 9.25. The average Bonchev–Trinajstić information content (AvgIpc) is 3.08. The first-order valence-electron chi connectivity index (χ1n) is 6.55. The first-order valence-corrected chi connectivity index (χ1v) is 8.40. The minimum atomic E-state index is -3.54. The molecule has 0 amide bonds. The maximum absolute atomic E-state index is 12.9. The Morgan fingerprint density at radius 2 is 2.10 bits per heavy atom. The predicted octanol–water partition coefficient (Wildman–Crippen LogP) is 0.866. The van der Waals surface area contributed by atoms with E-state index in [-0.39, 0.29) is 6.04 Å². The van der Waals surface area contributed by atoms with Gasteiger partial charge in [-0.25, -0.2) is 8.42 Å². The number of hydrogen-bond acceptors (Lipinski definition) is 4. The van der Waals surface area contributed by atoms with Crippen LogP contribution in [0.1, 0.15) is 30.7 Å². The van der Waals surface area contributed by atoms with Gasteiger partial charge in [-0.3, -0.25) is 4.68 Å². The quantitative estimate of drug-likeness (QED) is 0.788. The highest BCUT2D eigenvalue weighted by Crippen LogP contribution is 2.34. The van der Waals surface area contributed by atoms with Crippen molar-refractivity contribution >= 4 is 27.2 Å². The lowest BCUT2D eigenvalue weighted by Gasteiger charge is -2.21. The van der Waals surface area contributed by atoms with Crippen LogP contribution in [-0.4, -0.2) is 40.1 Å². The second kappa shape index (κ2) is 5.42. The predicted molar refractivity (Wildman–Crippen MR) is 81.0 cm³/mol. The van der Waals surface area contributed by atoms with Crippen molar-refractivity contribution in [1.82, 2.24) is 14.1 Å². The van der Waals surface area contributed by atoms with Crippen LogP contribution in [0.3, 0.4) is 0 Å². The van der Waals surface area contributed by atoms with E-state index in [0.717, 1.165) is 12.8 Å². The number of nitrogens with zero attached hydrogens (tertiary/aromatic N) is 3. The molecule has 2 rings (SSSR count). The van der Waals surface area contributed by atoms with Crippen LogP contribution in [0.15, 0.2) is 4.90 Å². The van der Waals surface area contributed by atoms with Gasteiger partial charge in [0.05, 0.1) is 16.4 Å². The van der Waals surface area contributed by atoms with Crippen LogP contribution in [0.25, 0.3) is 0 Å². The summed E-state index contributed by atoms with van der Waals surface area (Å²) in [6.07, 6.45) is 2.20. The van der Waals surface area contributed by atoms with Crippen LogP contribution in [0.5, 0.6) is 0 Å². The van der Waals surface area contributed by atoms with E-state index in [9.17, 15) is 8.42 Å². The van der Waals surface area contributed by atoms with Crippen molar-refractivity contribution in [2.45, 2.75) is 44.0 Å². The van der Waals surface area contributed by atoms with Gasteiger partial charge in [0.1, 0.15) is 4.90 Å². The van der Waals surface area contributed by atoms with Crippen molar-refractivity contribution in [3.8, 4) is 0 Å². The third kappa shape index (κ3) is 2.87. The number of nitrogens with two attached hydrogens (primary N) is 1. The zero-order valence-electron chi connectivity index (χ0n) is 12.0. The molecule has 1 aromatic heterocycles. The molecular formula is C12H20N4O2S2. The first kappa shape index (κ1) is 15.4. The van der Waals surface area contributed by atoms with E-state index in [1.165, 1.54) is 4.31 Å². The summed E-state index contributed by atoms with van der Waals surface area (Å²) in [4.78, 5) is 0.653. The fourth-order valence-electron chi connectivity index (χ4n) is 2.33. The number of aryl methyl sites for hydroxylation is 2. The summed E-state index contributed by atoms with van der Waals surface area (Å²) in [6, 6.07) is 0.0772. The lowest BCUT2D eigenvalue weighted by Crippen LogP contribution is -2.36. The number of hydrogen-bond donors (Lipinski definition) is 1. The Bertz CT molecular complexity index is 632. The smallest absolute Gasteiger partial charge is 0.247 e. The average molecular weight is 316 g/mol. The summed E-state index contributed by atoms with van der Waals surface area (Å²) >= 11 is 4.86. The Balaban J connectivity index is 2.37. The van der Waals surface area contributed by atoms with Gasteiger partial charge in [0.15, 0.2) is 0 Å². The molecule has 0 aliphatic heterocycles. The summed E-state index contributed by atoms with van der Waals surface area (Å²) in [5.74, 6) is 0. The number of thiocarbonyl (C=S) groups is 1. The molecule has 0 unspecified atom stereocenters. The van der Waals surface area contributed by atoms with Crippen LogP contribution in [0, 0.1) is 13.8 Å². The van der Waals surface area contributed by atoms with Gasteiger partial charge in [-0.15, -0.1) is 0 Å². The second-order valence-electron chi connectivity index (χ2n) is 5.19. The minimum absolute atomic E-state index is 0.0772. The maximum atomic E-state index is 12.9. The van der Waals surface area contributed by atoms with Gasteiger partial charge in [-0.05, 0) is 26.7 Å². The van der Waals surface area contributed by atoms with Crippen molar-refractivity contribution in [1.29, 1.82) is 0 Å². The van der Waals surface area contributed by atoms with E-state index in [0.29, 0.717) is 34.2 Å². The van der Waals surface area contributed by atoms with Gasteiger partial charge in [0, 0.05) is 26.1 Å². The Labute approximate surface area is 125 Å². The molecule has 1 saturated carbocycles. The molecule has 1 fully saturated rings. The molecule has 1 heterocycles. The van der Waals surface area contributed by atoms with Gasteiger partial charge in [0.25, 0.3) is 0 Å². The number of aromatic nitrogens is 2. The molecule has 0 atom stereocenters. The van der Waals surface area contributed by atoms with E-state index in [1.54, 1.807) is 25.6 Å². The zero-order valence-corrected chi connectivity index (χ0v) is 13.6. The van der Waals surface area contributed by atoms with Gasteiger partial charge in [0.2, 0.25) is 10.0 Å². The fourth-order valence-corrected chi connectivity index (χ4v) is 4.51.